The molecular weight excluding hydrogens is 360 g/mol. The Hall–Kier alpha value is -3.40. The van der Waals surface area contributed by atoms with Gasteiger partial charge in [-0.1, -0.05) is 72.8 Å². The van der Waals surface area contributed by atoms with Crippen LogP contribution in [0.25, 0.3) is 11.1 Å². The molecule has 4 rings (SSSR count). The minimum absolute atomic E-state index is 0.0143. The van der Waals surface area contributed by atoms with Crippen molar-refractivity contribution < 1.29 is 9.59 Å². The lowest BCUT2D eigenvalue weighted by Crippen LogP contribution is -2.37. The van der Waals surface area contributed by atoms with Gasteiger partial charge in [0.05, 0.1) is 5.92 Å². The van der Waals surface area contributed by atoms with Crippen LogP contribution in [0.2, 0.25) is 0 Å². The highest BCUT2D eigenvalue weighted by atomic mass is 16.2. The largest absolute Gasteiger partial charge is 0.354 e. The van der Waals surface area contributed by atoms with E-state index in [0.717, 1.165) is 11.1 Å². The van der Waals surface area contributed by atoms with Gasteiger partial charge < -0.3 is 10.2 Å². The summed E-state index contributed by atoms with van der Waals surface area (Å²) in [6.07, 6.45) is 0.611. The van der Waals surface area contributed by atoms with E-state index in [9.17, 15) is 9.59 Å². The number of nitrogens with zero attached hydrogens (tertiary/aromatic N) is 1. The van der Waals surface area contributed by atoms with Gasteiger partial charge in [0.25, 0.3) is 5.91 Å². The van der Waals surface area contributed by atoms with E-state index in [1.807, 2.05) is 48.5 Å². The molecule has 3 aromatic carbocycles. The summed E-state index contributed by atoms with van der Waals surface area (Å²) >= 11 is 0. The van der Waals surface area contributed by atoms with Crippen molar-refractivity contribution in [3.8, 4) is 11.1 Å². The highest BCUT2D eigenvalue weighted by molar-refractivity contribution is 5.94. The van der Waals surface area contributed by atoms with Crippen LogP contribution >= 0.6 is 0 Å². The molecule has 29 heavy (non-hydrogen) atoms. The van der Waals surface area contributed by atoms with Gasteiger partial charge in [-0.2, -0.15) is 0 Å². The molecule has 0 bridgehead atoms. The van der Waals surface area contributed by atoms with E-state index in [2.05, 4.69) is 41.7 Å². The Morgan fingerprint density at radius 1 is 0.862 bits per heavy atom. The van der Waals surface area contributed by atoms with Gasteiger partial charge in [-0.15, -0.1) is 0 Å². The third-order valence-corrected chi connectivity index (χ3v) is 5.34. The monoisotopic (exact) mass is 384 g/mol. The predicted molar refractivity (Wildman–Crippen MR) is 114 cm³/mol. The fraction of sp³-hybridized carbons (Fsp3) is 0.200. The molecule has 0 saturated carbocycles. The average Bonchev–Trinajstić information content (AvgIpc) is 2.96. The second-order valence-corrected chi connectivity index (χ2v) is 7.37. The van der Waals surface area contributed by atoms with Gasteiger partial charge in [-0.3, -0.25) is 9.59 Å². The zero-order valence-corrected chi connectivity index (χ0v) is 16.3. The fourth-order valence-electron chi connectivity index (χ4n) is 3.75. The molecule has 1 aliphatic rings. The summed E-state index contributed by atoms with van der Waals surface area (Å²) in [7, 11) is 0. The van der Waals surface area contributed by atoms with Crippen LogP contribution in [-0.2, 0) is 11.2 Å². The highest BCUT2D eigenvalue weighted by Crippen LogP contribution is 2.21. The van der Waals surface area contributed by atoms with Crippen molar-refractivity contribution in [2.24, 2.45) is 5.92 Å². The maximum atomic E-state index is 12.8. The summed E-state index contributed by atoms with van der Waals surface area (Å²) in [5.41, 5.74) is 4.08. The van der Waals surface area contributed by atoms with Gasteiger partial charge in [0.15, 0.2) is 0 Å². The standard InChI is InChI=1S/C25H24N2O2/c28-24-23(17-19-11-13-21(14-12-19)20-7-3-1-4-8-20)18-27(16-15-26-24)25(29)22-9-5-2-6-10-22/h1-14,23H,15-18H2,(H,26,28)/t23-/m0/s1. The van der Waals surface area contributed by atoms with E-state index in [1.54, 1.807) is 4.90 Å². The molecule has 0 aromatic heterocycles. The van der Waals surface area contributed by atoms with Crippen LogP contribution in [0.4, 0.5) is 0 Å². The first kappa shape index (κ1) is 18.9. The number of hydrogen-bond acceptors (Lipinski definition) is 2. The first-order chi connectivity index (χ1) is 14.2. The molecule has 1 fully saturated rings. The molecule has 0 aliphatic carbocycles. The summed E-state index contributed by atoms with van der Waals surface area (Å²) in [6, 6.07) is 27.8. The summed E-state index contributed by atoms with van der Waals surface area (Å²) in [5, 5.41) is 2.96. The van der Waals surface area contributed by atoms with E-state index in [1.165, 1.54) is 5.56 Å². The maximum Gasteiger partial charge on any atom is 0.253 e. The molecule has 3 aromatic rings. The second-order valence-electron chi connectivity index (χ2n) is 7.37. The van der Waals surface area contributed by atoms with Crippen LogP contribution in [0.5, 0.6) is 0 Å². The van der Waals surface area contributed by atoms with Gasteiger partial charge in [0, 0.05) is 25.2 Å². The van der Waals surface area contributed by atoms with Crippen molar-refractivity contribution in [3.05, 3.63) is 96.1 Å². The molecule has 1 aliphatic heterocycles. The summed E-state index contributed by atoms with van der Waals surface area (Å²) < 4.78 is 0. The van der Waals surface area contributed by atoms with Crippen molar-refractivity contribution in [2.75, 3.05) is 19.6 Å². The topological polar surface area (TPSA) is 49.4 Å². The molecule has 0 radical (unpaired) electrons. The van der Waals surface area contributed by atoms with Crippen LogP contribution in [0.3, 0.4) is 0 Å². The Morgan fingerprint density at radius 2 is 1.48 bits per heavy atom. The van der Waals surface area contributed by atoms with Crippen LogP contribution in [0.1, 0.15) is 15.9 Å². The average molecular weight is 384 g/mol. The van der Waals surface area contributed by atoms with E-state index < -0.39 is 0 Å². The summed E-state index contributed by atoms with van der Waals surface area (Å²) in [5.74, 6) is -0.264. The zero-order chi connectivity index (χ0) is 20.1. The van der Waals surface area contributed by atoms with E-state index in [-0.39, 0.29) is 17.7 Å². The molecule has 1 atom stereocenters. The molecule has 0 unspecified atom stereocenters. The molecule has 0 spiro atoms. The van der Waals surface area contributed by atoms with Crippen molar-refractivity contribution in [1.82, 2.24) is 10.2 Å². The minimum Gasteiger partial charge on any atom is -0.354 e. The number of hydrogen-bond donors (Lipinski definition) is 1. The van der Waals surface area contributed by atoms with E-state index >= 15 is 0 Å². The SMILES string of the molecule is O=C1NCCN(C(=O)c2ccccc2)C[C@@H]1Cc1ccc(-c2ccccc2)cc1. The van der Waals surface area contributed by atoms with Gasteiger partial charge in [0.2, 0.25) is 5.91 Å². The molecule has 1 saturated heterocycles. The van der Waals surface area contributed by atoms with Crippen LogP contribution in [0, 0.1) is 5.92 Å². The molecule has 1 N–H and O–H groups in total. The third-order valence-electron chi connectivity index (χ3n) is 5.34. The number of nitrogens with one attached hydrogen (secondary N) is 1. The van der Waals surface area contributed by atoms with Crippen LogP contribution < -0.4 is 5.32 Å². The lowest BCUT2D eigenvalue weighted by molar-refractivity contribution is -0.124. The third kappa shape index (κ3) is 4.54. The number of carbonyl (C=O) groups excluding carboxylic acids is 2. The van der Waals surface area contributed by atoms with E-state index in [4.69, 9.17) is 0 Å². The molecular formula is C25H24N2O2. The first-order valence-electron chi connectivity index (χ1n) is 9.97. The van der Waals surface area contributed by atoms with Gasteiger partial charge in [-0.05, 0) is 35.2 Å². The normalized spacial score (nSPS) is 16.8. The lowest BCUT2D eigenvalue weighted by Gasteiger charge is -2.23. The number of rotatable bonds is 4. The van der Waals surface area contributed by atoms with Gasteiger partial charge in [-0.25, -0.2) is 0 Å². The van der Waals surface area contributed by atoms with Crippen molar-refractivity contribution >= 4 is 11.8 Å². The Balaban J connectivity index is 1.48. The Morgan fingerprint density at radius 3 is 2.17 bits per heavy atom. The lowest BCUT2D eigenvalue weighted by atomic mass is 9.96. The Kier molecular flexibility index (Phi) is 5.71. The zero-order valence-electron chi connectivity index (χ0n) is 16.3. The predicted octanol–water partition coefficient (Wildman–Crippen LogP) is 3.78. The van der Waals surface area contributed by atoms with Gasteiger partial charge >= 0.3 is 0 Å². The maximum absolute atomic E-state index is 12.8. The smallest absolute Gasteiger partial charge is 0.253 e. The van der Waals surface area contributed by atoms with E-state index in [0.29, 0.717) is 31.6 Å². The van der Waals surface area contributed by atoms with Crippen molar-refractivity contribution in [2.45, 2.75) is 6.42 Å². The summed E-state index contributed by atoms with van der Waals surface area (Å²) in [6.45, 7) is 1.45. The quantitative estimate of drug-likeness (QED) is 0.744. The Bertz CT molecular complexity index is 969. The fourth-order valence-corrected chi connectivity index (χ4v) is 3.75. The van der Waals surface area contributed by atoms with Crippen LogP contribution in [-0.4, -0.2) is 36.3 Å². The minimum atomic E-state index is -0.257. The molecule has 2 amide bonds. The van der Waals surface area contributed by atoms with Crippen molar-refractivity contribution in [3.63, 3.8) is 0 Å². The molecule has 1 heterocycles. The molecule has 146 valence electrons. The Labute approximate surface area is 171 Å². The van der Waals surface area contributed by atoms with Gasteiger partial charge in [0.1, 0.15) is 0 Å². The first-order valence-corrected chi connectivity index (χ1v) is 9.97. The molecule has 4 heteroatoms. The summed E-state index contributed by atoms with van der Waals surface area (Å²) in [4.78, 5) is 27.2. The second kappa shape index (κ2) is 8.74. The van der Waals surface area contributed by atoms with Crippen molar-refractivity contribution in [1.29, 1.82) is 0 Å². The van der Waals surface area contributed by atoms with Crippen LogP contribution in [0.15, 0.2) is 84.9 Å². The number of benzene rings is 3. The molecule has 4 nitrogen and oxygen atoms in total. The number of carbonyl (C=O) groups is 2. The number of amides is 2. The highest BCUT2D eigenvalue weighted by Gasteiger charge is 2.28.